The molecule has 84 valence electrons. The number of hydrogen-bond acceptors (Lipinski definition) is 1. The lowest BCUT2D eigenvalue weighted by Gasteiger charge is -2.02. The van der Waals surface area contributed by atoms with Gasteiger partial charge in [-0.25, -0.2) is 0 Å². The van der Waals surface area contributed by atoms with Gasteiger partial charge in [0.2, 0.25) is 0 Å². The maximum absolute atomic E-state index is 11.8. The highest BCUT2D eigenvalue weighted by Crippen LogP contribution is 2.22. The molecule has 1 aliphatic carbocycles. The van der Waals surface area contributed by atoms with E-state index >= 15 is 0 Å². The molecule has 1 saturated carbocycles. The third-order valence-electron chi connectivity index (χ3n) is 2.92. The standard InChI is InChI=1S/C14H15BrO/c15-13-8-6-11(7-9-13)10-12-4-2-1-3-5-14(12)16/h6-10H,1-5H2/b12-10+. The number of carbonyl (C=O) groups excluding carboxylic acids is 1. The molecular weight excluding hydrogens is 264 g/mol. The Morgan fingerprint density at radius 2 is 1.69 bits per heavy atom. The molecule has 16 heavy (non-hydrogen) atoms. The Labute approximate surface area is 105 Å². The fourth-order valence-corrected chi connectivity index (χ4v) is 2.25. The molecule has 0 heterocycles. The summed E-state index contributed by atoms with van der Waals surface area (Å²) >= 11 is 3.41. The van der Waals surface area contributed by atoms with E-state index < -0.39 is 0 Å². The number of allylic oxidation sites excluding steroid dienone is 1. The van der Waals surface area contributed by atoms with Gasteiger partial charge in [0.15, 0.2) is 5.78 Å². The number of halogens is 1. The summed E-state index contributed by atoms with van der Waals surface area (Å²) < 4.78 is 1.07. The molecule has 0 unspecified atom stereocenters. The Kier molecular flexibility index (Phi) is 3.94. The van der Waals surface area contributed by atoms with Crippen LogP contribution < -0.4 is 0 Å². The zero-order chi connectivity index (χ0) is 11.4. The molecule has 0 aromatic heterocycles. The lowest BCUT2D eigenvalue weighted by atomic mass is 10.0. The topological polar surface area (TPSA) is 17.1 Å². The van der Waals surface area contributed by atoms with E-state index in [0.717, 1.165) is 41.3 Å². The van der Waals surface area contributed by atoms with Gasteiger partial charge in [0.1, 0.15) is 0 Å². The normalized spacial score (nSPS) is 19.8. The van der Waals surface area contributed by atoms with Crippen LogP contribution in [0.15, 0.2) is 34.3 Å². The molecule has 2 rings (SSSR count). The van der Waals surface area contributed by atoms with Crippen molar-refractivity contribution in [3.8, 4) is 0 Å². The summed E-state index contributed by atoms with van der Waals surface area (Å²) in [6.45, 7) is 0. The van der Waals surface area contributed by atoms with Crippen LogP contribution in [0.1, 0.15) is 37.7 Å². The molecule has 0 spiro atoms. The molecule has 1 aromatic rings. The third-order valence-corrected chi connectivity index (χ3v) is 3.45. The predicted molar refractivity (Wildman–Crippen MR) is 70.2 cm³/mol. The van der Waals surface area contributed by atoms with E-state index in [1.807, 2.05) is 30.3 Å². The van der Waals surface area contributed by atoms with E-state index in [-0.39, 0.29) is 0 Å². The Balaban J connectivity index is 2.21. The van der Waals surface area contributed by atoms with E-state index in [1.165, 1.54) is 6.42 Å². The fraction of sp³-hybridized carbons (Fsp3) is 0.357. The molecule has 0 amide bonds. The Bertz CT molecular complexity index is 403. The average Bonchev–Trinajstić information content (AvgIpc) is 2.48. The van der Waals surface area contributed by atoms with Crippen molar-refractivity contribution in [3.05, 3.63) is 39.9 Å². The highest BCUT2D eigenvalue weighted by molar-refractivity contribution is 9.10. The number of hydrogen-bond donors (Lipinski definition) is 0. The predicted octanol–water partition coefficient (Wildman–Crippen LogP) is 4.37. The number of benzene rings is 1. The number of Topliss-reactive ketones (excluding diaryl/α,β-unsaturated/α-hetero) is 1. The minimum Gasteiger partial charge on any atom is -0.295 e. The first-order chi connectivity index (χ1) is 7.75. The second-order valence-corrected chi connectivity index (χ2v) is 5.12. The Morgan fingerprint density at radius 3 is 2.44 bits per heavy atom. The second kappa shape index (κ2) is 5.44. The van der Waals surface area contributed by atoms with Gasteiger partial charge in [0, 0.05) is 10.9 Å². The quantitative estimate of drug-likeness (QED) is 0.551. The van der Waals surface area contributed by atoms with Crippen molar-refractivity contribution < 1.29 is 4.79 Å². The molecule has 0 aliphatic heterocycles. The molecule has 1 aliphatic rings. The van der Waals surface area contributed by atoms with Crippen LogP contribution >= 0.6 is 15.9 Å². The van der Waals surface area contributed by atoms with E-state index in [2.05, 4.69) is 15.9 Å². The van der Waals surface area contributed by atoms with Crippen molar-refractivity contribution >= 4 is 27.8 Å². The Morgan fingerprint density at radius 1 is 1.00 bits per heavy atom. The summed E-state index contributed by atoms with van der Waals surface area (Å²) in [5.41, 5.74) is 2.12. The average molecular weight is 279 g/mol. The molecular formula is C14H15BrO. The number of rotatable bonds is 1. The van der Waals surface area contributed by atoms with Gasteiger partial charge in [0.25, 0.3) is 0 Å². The first-order valence-electron chi connectivity index (χ1n) is 5.75. The Hall–Kier alpha value is -0.890. The smallest absolute Gasteiger partial charge is 0.158 e. The zero-order valence-electron chi connectivity index (χ0n) is 9.21. The minimum absolute atomic E-state index is 0.334. The van der Waals surface area contributed by atoms with Gasteiger partial charge >= 0.3 is 0 Å². The minimum atomic E-state index is 0.334. The van der Waals surface area contributed by atoms with Crippen molar-refractivity contribution in [2.45, 2.75) is 32.1 Å². The molecule has 1 nitrogen and oxygen atoms in total. The largest absolute Gasteiger partial charge is 0.295 e. The molecule has 2 heteroatoms. The third kappa shape index (κ3) is 3.05. The second-order valence-electron chi connectivity index (χ2n) is 4.20. The maximum atomic E-state index is 11.8. The molecule has 0 bridgehead atoms. The first-order valence-corrected chi connectivity index (χ1v) is 6.54. The summed E-state index contributed by atoms with van der Waals surface area (Å²) in [4.78, 5) is 11.8. The van der Waals surface area contributed by atoms with Crippen LogP contribution in [0.25, 0.3) is 6.08 Å². The van der Waals surface area contributed by atoms with Gasteiger partial charge in [-0.05, 0) is 48.6 Å². The van der Waals surface area contributed by atoms with Gasteiger partial charge in [-0.3, -0.25) is 4.79 Å². The van der Waals surface area contributed by atoms with E-state index in [9.17, 15) is 4.79 Å². The van der Waals surface area contributed by atoms with Gasteiger partial charge in [-0.1, -0.05) is 34.5 Å². The van der Waals surface area contributed by atoms with Crippen LogP contribution in [0, 0.1) is 0 Å². The van der Waals surface area contributed by atoms with Crippen LogP contribution in [0.3, 0.4) is 0 Å². The van der Waals surface area contributed by atoms with Crippen LogP contribution in [-0.2, 0) is 4.79 Å². The van der Waals surface area contributed by atoms with E-state index in [0.29, 0.717) is 5.78 Å². The monoisotopic (exact) mass is 278 g/mol. The van der Waals surface area contributed by atoms with Crippen molar-refractivity contribution in [3.63, 3.8) is 0 Å². The lowest BCUT2D eigenvalue weighted by Crippen LogP contribution is -1.98. The van der Waals surface area contributed by atoms with Crippen molar-refractivity contribution in [2.75, 3.05) is 0 Å². The molecule has 0 radical (unpaired) electrons. The zero-order valence-corrected chi connectivity index (χ0v) is 10.8. The van der Waals surface area contributed by atoms with Crippen LogP contribution in [0.2, 0.25) is 0 Å². The molecule has 0 N–H and O–H groups in total. The highest BCUT2D eigenvalue weighted by Gasteiger charge is 2.12. The van der Waals surface area contributed by atoms with Gasteiger partial charge in [-0.2, -0.15) is 0 Å². The van der Waals surface area contributed by atoms with Gasteiger partial charge in [-0.15, -0.1) is 0 Å². The number of ketones is 1. The van der Waals surface area contributed by atoms with Crippen LogP contribution in [0.4, 0.5) is 0 Å². The van der Waals surface area contributed by atoms with E-state index in [4.69, 9.17) is 0 Å². The fourth-order valence-electron chi connectivity index (χ4n) is 1.99. The summed E-state index contributed by atoms with van der Waals surface area (Å²) in [5, 5.41) is 0. The van der Waals surface area contributed by atoms with Crippen LogP contribution in [-0.4, -0.2) is 5.78 Å². The van der Waals surface area contributed by atoms with Crippen LogP contribution in [0.5, 0.6) is 0 Å². The molecule has 1 fully saturated rings. The van der Waals surface area contributed by atoms with Gasteiger partial charge < -0.3 is 0 Å². The van der Waals surface area contributed by atoms with Gasteiger partial charge in [0.05, 0.1) is 0 Å². The highest BCUT2D eigenvalue weighted by atomic mass is 79.9. The van der Waals surface area contributed by atoms with Crippen molar-refractivity contribution in [1.29, 1.82) is 0 Å². The molecule has 1 aromatic carbocycles. The maximum Gasteiger partial charge on any atom is 0.158 e. The summed E-state index contributed by atoms with van der Waals surface area (Å²) in [6, 6.07) is 8.09. The van der Waals surface area contributed by atoms with Crippen molar-refractivity contribution in [1.82, 2.24) is 0 Å². The summed E-state index contributed by atoms with van der Waals surface area (Å²) in [5.74, 6) is 0.334. The molecule has 0 saturated heterocycles. The molecule has 0 atom stereocenters. The lowest BCUT2D eigenvalue weighted by molar-refractivity contribution is -0.115. The summed E-state index contributed by atoms with van der Waals surface area (Å²) in [6.07, 6.45) is 7.09. The van der Waals surface area contributed by atoms with E-state index in [1.54, 1.807) is 0 Å². The van der Waals surface area contributed by atoms with Crippen molar-refractivity contribution in [2.24, 2.45) is 0 Å². The summed E-state index contributed by atoms with van der Waals surface area (Å²) in [7, 11) is 0. The number of carbonyl (C=O) groups is 1. The SMILES string of the molecule is O=C1CCCCC/C1=C\c1ccc(Br)cc1. The first kappa shape index (κ1) is 11.6.